The number of nitrogens with one attached hydrogen (secondary N) is 2. The van der Waals surface area contributed by atoms with Gasteiger partial charge in [-0.2, -0.15) is 0 Å². The van der Waals surface area contributed by atoms with Crippen molar-refractivity contribution in [3.63, 3.8) is 0 Å². The van der Waals surface area contributed by atoms with Crippen molar-refractivity contribution >= 4 is 50.6 Å². The number of anilines is 2. The zero-order valence-electron chi connectivity index (χ0n) is 15.7. The summed E-state index contributed by atoms with van der Waals surface area (Å²) >= 11 is 0.884. The Balaban J connectivity index is 2.13. The monoisotopic (exact) mass is 454 g/mol. The third kappa shape index (κ3) is 6.35. The van der Waals surface area contributed by atoms with Crippen molar-refractivity contribution in [3.8, 4) is 0 Å². The Labute approximate surface area is 177 Å². The summed E-state index contributed by atoms with van der Waals surface area (Å²) in [5, 5.41) is 13.1. The fourth-order valence-corrected chi connectivity index (χ4v) is 4.81. The molecule has 0 aliphatic rings. The van der Waals surface area contributed by atoms with E-state index in [-0.39, 0.29) is 34.4 Å². The minimum absolute atomic E-state index is 0.0645. The van der Waals surface area contributed by atoms with Gasteiger partial charge in [-0.05, 0) is 48.6 Å². The molecule has 9 N–H and O–H groups in total. The number of guanidine groups is 1. The molecule has 11 nitrogen and oxygen atoms in total. The third-order valence-electron chi connectivity index (χ3n) is 3.84. The maximum absolute atomic E-state index is 12.7. The molecule has 0 unspecified atom stereocenters. The number of rotatable bonds is 10. The fraction of sp³-hybridized carbons (Fsp3) is 0.235. The van der Waals surface area contributed by atoms with E-state index in [2.05, 4.69) is 15.0 Å². The number of benzene rings is 1. The molecule has 0 radical (unpaired) electrons. The summed E-state index contributed by atoms with van der Waals surface area (Å²) in [6.45, 7) is 0.201. The van der Waals surface area contributed by atoms with Crippen molar-refractivity contribution in [2.45, 2.75) is 23.8 Å². The van der Waals surface area contributed by atoms with Gasteiger partial charge in [0.1, 0.15) is 15.8 Å². The number of nitrogens with two attached hydrogens (primary N) is 3. The van der Waals surface area contributed by atoms with E-state index in [1.807, 2.05) is 0 Å². The van der Waals surface area contributed by atoms with Gasteiger partial charge in [0.25, 0.3) is 15.9 Å². The highest BCUT2D eigenvalue weighted by atomic mass is 32.2. The van der Waals surface area contributed by atoms with Crippen LogP contribution in [0.3, 0.4) is 0 Å². The Morgan fingerprint density at radius 2 is 1.83 bits per heavy atom. The van der Waals surface area contributed by atoms with Crippen LogP contribution in [0, 0.1) is 0 Å². The fourth-order valence-electron chi connectivity index (χ4n) is 2.42. The number of amides is 1. The number of nitrogen functional groups attached to an aromatic ring is 1. The maximum Gasteiger partial charge on any atom is 0.326 e. The lowest BCUT2D eigenvalue weighted by Gasteiger charge is -2.14. The minimum atomic E-state index is -4.08. The number of carboxylic acids is 1. The molecular formula is C17H22N6O5S2. The number of aliphatic imine (C=N–C) groups is 1. The van der Waals surface area contributed by atoms with Crippen molar-refractivity contribution < 1.29 is 23.1 Å². The number of carbonyl (C=O) groups excluding carboxylic acids is 1. The van der Waals surface area contributed by atoms with E-state index in [4.69, 9.17) is 17.2 Å². The Hall–Kier alpha value is -3.32. The minimum Gasteiger partial charge on any atom is -0.480 e. The van der Waals surface area contributed by atoms with E-state index in [0.29, 0.717) is 12.1 Å². The second-order valence-corrected chi connectivity index (χ2v) is 8.72. The second-order valence-electron chi connectivity index (χ2n) is 6.15. The van der Waals surface area contributed by atoms with E-state index in [1.54, 1.807) is 0 Å². The molecule has 30 heavy (non-hydrogen) atoms. The third-order valence-corrected chi connectivity index (χ3v) is 6.30. The van der Waals surface area contributed by atoms with Crippen LogP contribution in [-0.4, -0.2) is 43.9 Å². The van der Waals surface area contributed by atoms with E-state index >= 15 is 0 Å². The van der Waals surface area contributed by atoms with E-state index < -0.39 is 27.9 Å². The standard InChI is InChI=1S/C17H22N6O5S2/c18-10-3-5-11(6-4-10)23-30(27,28)13-7-9-29-14(13)15(24)22-12(16(25)26)2-1-8-21-17(19)20/h3-7,9,12,23H,1-2,8,18H2,(H,22,24)(H,25,26)(H4,19,20,21)/t12-/m0/s1. The Bertz CT molecular complexity index is 1030. The molecule has 0 aliphatic heterocycles. The molecule has 2 aromatic rings. The SMILES string of the molecule is NC(N)=NCCC[C@H](NC(=O)c1sccc1S(=O)(=O)Nc1ccc(N)cc1)C(=O)O. The molecule has 0 spiro atoms. The predicted molar refractivity (Wildman–Crippen MR) is 115 cm³/mol. The summed E-state index contributed by atoms with van der Waals surface area (Å²) in [5.74, 6) is -2.18. The topological polar surface area (TPSA) is 203 Å². The van der Waals surface area contributed by atoms with Crippen LogP contribution in [0.2, 0.25) is 0 Å². The van der Waals surface area contributed by atoms with Crippen molar-refractivity contribution in [3.05, 3.63) is 40.6 Å². The number of hydrogen-bond donors (Lipinski definition) is 6. The van der Waals surface area contributed by atoms with Gasteiger partial charge in [0.2, 0.25) is 0 Å². The Kier molecular flexibility index (Phi) is 7.60. The van der Waals surface area contributed by atoms with Gasteiger partial charge in [-0.25, -0.2) is 13.2 Å². The smallest absolute Gasteiger partial charge is 0.326 e. The number of thiophene rings is 1. The molecule has 0 fully saturated rings. The lowest BCUT2D eigenvalue weighted by Crippen LogP contribution is -2.41. The van der Waals surface area contributed by atoms with Crippen LogP contribution in [0.25, 0.3) is 0 Å². The van der Waals surface area contributed by atoms with Gasteiger partial charge >= 0.3 is 5.97 Å². The average Bonchev–Trinajstić information content (AvgIpc) is 3.16. The highest BCUT2D eigenvalue weighted by molar-refractivity contribution is 7.93. The molecule has 0 saturated heterocycles. The van der Waals surface area contributed by atoms with E-state index in [1.165, 1.54) is 35.7 Å². The second kappa shape index (κ2) is 9.93. The van der Waals surface area contributed by atoms with Crippen molar-refractivity contribution in [1.29, 1.82) is 0 Å². The van der Waals surface area contributed by atoms with Crippen LogP contribution in [0.4, 0.5) is 11.4 Å². The van der Waals surface area contributed by atoms with Crippen LogP contribution in [0.5, 0.6) is 0 Å². The number of hydrogen-bond acceptors (Lipinski definition) is 7. The summed E-state index contributed by atoms with van der Waals surface area (Å²) in [4.78, 5) is 27.4. The Morgan fingerprint density at radius 3 is 2.43 bits per heavy atom. The van der Waals surface area contributed by atoms with Crippen molar-refractivity contribution in [2.75, 3.05) is 17.0 Å². The number of carbonyl (C=O) groups is 2. The van der Waals surface area contributed by atoms with Gasteiger partial charge in [0.05, 0.1) is 0 Å². The quantitative estimate of drug-likeness (QED) is 0.128. The first-order valence-electron chi connectivity index (χ1n) is 8.65. The van der Waals surface area contributed by atoms with Crippen LogP contribution < -0.4 is 27.2 Å². The molecule has 1 atom stereocenters. The van der Waals surface area contributed by atoms with Gasteiger partial charge in [-0.15, -0.1) is 11.3 Å². The van der Waals surface area contributed by atoms with E-state index in [9.17, 15) is 23.1 Å². The number of carboxylic acid groups (broad SMARTS) is 1. The van der Waals surface area contributed by atoms with Gasteiger partial charge < -0.3 is 27.6 Å². The van der Waals surface area contributed by atoms with Crippen molar-refractivity contribution in [2.24, 2.45) is 16.5 Å². The number of nitrogens with zero attached hydrogens (tertiary/aromatic N) is 1. The van der Waals surface area contributed by atoms with Crippen LogP contribution >= 0.6 is 11.3 Å². The first-order valence-corrected chi connectivity index (χ1v) is 11.0. The summed E-state index contributed by atoms with van der Waals surface area (Å²) in [6, 6.07) is 6.06. The summed E-state index contributed by atoms with van der Waals surface area (Å²) in [5.41, 5.74) is 16.7. The zero-order valence-corrected chi connectivity index (χ0v) is 17.4. The van der Waals surface area contributed by atoms with Gasteiger partial charge in [0, 0.05) is 17.9 Å². The highest BCUT2D eigenvalue weighted by Crippen LogP contribution is 2.25. The number of sulfonamides is 1. The average molecular weight is 455 g/mol. The first kappa shape index (κ1) is 23.0. The largest absolute Gasteiger partial charge is 0.480 e. The van der Waals surface area contributed by atoms with Crippen molar-refractivity contribution in [1.82, 2.24) is 5.32 Å². The molecule has 0 aliphatic carbocycles. The van der Waals surface area contributed by atoms with Gasteiger partial charge in [-0.1, -0.05) is 0 Å². The molecule has 13 heteroatoms. The Morgan fingerprint density at radius 1 is 1.17 bits per heavy atom. The van der Waals surface area contributed by atoms with E-state index in [0.717, 1.165) is 11.3 Å². The molecular weight excluding hydrogens is 432 g/mol. The zero-order chi connectivity index (χ0) is 22.3. The molecule has 0 bridgehead atoms. The number of aliphatic carboxylic acids is 1. The van der Waals surface area contributed by atoms with Crippen LogP contribution in [-0.2, 0) is 14.8 Å². The molecule has 0 saturated carbocycles. The molecule has 1 aromatic carbocycles. The molecule has 1 aromatic heterocycles. The molecule has 2 rings (SSSR count). The van der Waals surface area contributed by atoms with Gasteiger partial charge in [-0.3, -0.25) is 14.5 Å². The molecule has 1 heterocycles. The lowest BCUT2D eigenvalue weighted by molar-refractivity contribution is -0.139. The van der Waals surface area contributed by atoms with Crippen LogP contribution in [0.15, 0.2) is 45.6 Å². The summed E-state index contributed by atoms with van der Waals surface area (Å²) < 4.78 is 27.8. The lowest BCUT2D eigenvalue weighted by atomic mass is 10.1. The first-order chi connectivity index (χ1) is 14.1. The predicted octanol–water partition coefficient (Wildman–Crippen LogP) is 0.368. The summed E-state index contributed by atoms with van der Waals surface area (Å²) in [6.07, 6.45) is 0.373. The molecule has 1 amide bonds. The van der Waals surface area contributed by atoms with Gasteiger partial charge in [0.15, 0.2) is 5.96 Å². The summed E-state index contributed by atoms with van der Waals surface area (Å²) in [7, 11) is -4.08. The normalized spacial score (nSPS) is 12.0. The molecule has 162 valence electrons. The highest BCUT2D eigenvalue weighted by Gasteiger charge is 2.27. The van der Waals surface area contributed by atoms with Crippen LogP contribution in [0.1, 0.15) is 22.5 Å². The maximum atomic E-state index is 12.7.